The highest BCUT2D eigenvalue weighted by molar-refractivity contribution is 5.85. The first-order valence-electron chi connectivity index (χ1n) is 8.60. The van der Waals surface area contributed by atoms with E-state index in [2.05, 4.69) is 18.7 Å². The second kappa shape index (κ2) is 6.87. The van der Waals surface area contributed by atoms with Crippen LogP contribution in [0.5, 0.6) is 0 Å². The average Bonchev–Trinajstić information content (AvgIpc) is 2.41. The Morgan fingerprint density at radius 3 is 2.24 bits per heavy atom. The third-order valence-corrected chi connectivity index (χ3v) is 6.41. The Morgan fingerprint density at radius 2 is 1.67 bits per heavy atom. The predicted octanol–water partition coefficient (Wildman–Crippen LogP) is 3.07. The van der Waals surface area contributed by atoms with E-state index in [0.29, 0.717) is 29.7 Å². The minimum absolute atomic E-state index is 0. The predicted molar refractivity (Wildman–Crippen MR) is 88.3 cm³/mol. The molecule has 1 saturated heterocycles. The third-order valence-electron chi connectivity index (χ3n) is 6.41. The summed E-state index contributed by atoms with van der Waals surface area (Å²) in [5.41, 5.74) is 6.34. The van der Waals surface area contributed by atoms with Crippen molar-refractivity contribution in [2.75, 3.05) is 13.1 Å². The monoisotopic (exact) mass is 314 g/mol. The molecule has 4 unspecified atom stereocenters. The van der Waals surface area contributed by atoms with Crippen molar-refractivity contribution in [3.63, 3.8) is 0 Å². The van der Waals surface area contributed by atoms with Gasteiger partial charge < -0.3 is 10.6 Å². The van der Waals surface area contributed by atoms with Crippen molar-refractivity contribution in [2.24, 2.45) is 35.3 Å². The minimum Gasteiger partial charge on any atom is -0.342 e. The first-order chi connectivity index (χ1) is 9.56. The van der Waals surface area contributed by atoms with Crippen LogP contribution in [0.1, 0.15) is 52.4 Å². The molecular formula is C17H31ClN2O. The molecule has 3 fully saturated rings. The Balaban J connectivity index is 0.00000161. The molecule has 3 rings (SSSR count). The average molecular weight is 315 g/mol. The Bertz CT molecular complexity index is 362. The zero-order valence-electron chi connectivity index (χ0n) is 13.5. The number of amides is 1. The molecular weight excluding hydrogens is 284 g/mol. The van der Waals surface area contributed by atoms with Crippen LogP contribution in [-0.4, -0.2) is 29.9 Å². The number of likely N-dealkylation sites (tertiary alicyclic amines) is 1. The molecule has 0 aromatic carbocycles. The fourth-order valence-electron chi connectivity index (χ4n) is 4.71. The highest BCUT2D eigenvalue weighted by Crippen LogP contribution is 2.42. The maximum Gasteiger partial charge on any atom is 0.225 e. The van der Waals surface area contributed by atoms with E-state index in [0.717, 1.165) is 31.8 Å². The van der Waals surface area contributed by atoms with Crippen LogP contribution >= 0.6 is 12.4 Å². The van der Waals surface area contributed by atoms with Crippen LogP contribution in [0.3, 0.4) is 0 Å². The molecule has 1 heterocycles. The first-order valence-corrected chi connectivity index (χ1v) is 8.60. The van der Waals surface area contributed by atoms with E-state index in [1.807, 2.05) is 0 Å². The van der Waals surface area contributed by atoms with Gasteiger partial charge in [0.2, 0.25) is 5.91 Å². The summed E-state index contributed by atoms with van der Waals surface area (Å²) in [4.78, 5) is 15.0. The maximum atomic E-state index is 12.8. The van der Waals surface area contributed by atoms with Crippen molar-refractivity contribution < 1.29 is 4.79 Å². The number of halogens is 1. The summed E-state index contributed by atoms with van der Waals surface area (Å²) in [7, 11) is 0. The fraction of sp³-hybridized carbons (Fsp3) is 0.941. The van der Waals surface area contributed by atoms with Gasteiger partial charge >= 0.3 is 0 Å². The Hall–Kier alpha value is -0.280. The van der Waals surface area contributed by atoms with Gasteiger partial charge in [0.15, 0.2) is 0 Å². The largest absolute Gasteiger partial charge is 0.342 e. The van der Waals surface area contributed by atoms with Crippen molar-refractivity contribution >= 4 is 18.3 Å². The van der Waals surface area contributed by atoms with E-state index in [1.54, 1.807) is 0 Å². The SMILES string of the molecule is CC1CCN(C(=O)C2CC3CCCC(C2)C3N)CC1C.Cl. The van der Waals surface area contributed by atoms with Gasteiger partial charge in [0.25, 0.3) is 0 Å². The van der Waals surface area contributed by atoms with Gasteiger partial charge in [0.05, 0.1) is 0 Å². The number of carbonyl (C=O) groups is 1. The highest BCUT2D eigenvalue weighted by atomic mass is 35.5. The molecule has 3 aliphatic rings. The summed E-state index contributed by atoms with van der Waals surface area (Å²) < 4.78 is 0. The summed E-state index contributed by atoms with van der Waals surface area (Å²) in [6.45, 7) is 6.55. The summed E-state index contributed by atoms with van der Waals surface area (Å²) in [6, 6.07) is 0.369. The standard InChI is InChI=1S/C17H30N2O.ClH/c1-11-6-7-19(10-12(11)2)17(20)15-8-13-4-3-5-14(9-15)16(13)18;/h11-16H,3-10,18H2,1-2H3;1H. The van der Waals surface area contributed by atoms with E-state index < -0.39 is 0 Å². The fourth-order valence-corrected chi connectivity index (χ4v) is 4.71. The smallest absolute Gasteiger partial charge is 0.225 e. The molecule has 2 bridgehead atoms. The Kier molecular flexibility index (Phi) is 5.59. The number of piperidine rings is 1. The van der Waals surface area contributed by atoms with Crippen LogP contribution in [0.15, 0.2) is 0 Å². The molecule has 0 aromatic rings. The molecule has 0 radical (unpaired) electrons. The second-order valence-corrected chi connectivity index (χ2v) is 7.72. The number of fused-ring (bicyclic) bond motifs is 2. The Labute approximate surface area is 135 Å². The van der Waals surface area contributed by atoms with E-state index in [-0.39, 0.29) is 18.3 Å². The molecule has 122 valence electrons. The molecule has 4 atom stereocenters. The normalized spacial score (nSPS) is 43.1. The van der Waals surface area contributed by atoms with E-state index in [4.69, 9.17) is 5.73 Å². The van der Waals surface area contributed by atoms with Crippen molar-refractivity contribution in [2.45, 2.75) is 58.4 Å². The second-order valence-electron chi connectivity index (χ2n) is 7.72. The maximum absolute atomic E-state index is 12.8. The molecule has 1 amide bonds. The van der Waals surface area contributed by atoms with Crippen LogP contribution in [-0.2, 0) is 4.79 Å². The van der Waals surface area contributed by atoms with Gasteiger partial charge in [0.1, 0.15) is 0 Å². The van der Waals surface area contributed by atoms with Crippen LogP contribution < -0.4 is 5.73 Å². The highest BCUT2D eigenvalue weighted by Gasteiger charge is 2.42. The van der Waals surface area contributed by atoms with Crippen molar-refractivity contribution in [3.05, 3.63) is 0 Å². The summed E-state index contributed by atoms with van der Waals surface area (Å²) in [6.07, 6.45) is 7.09. The van der Waals surface area contributed by atoms with E-state index in [9.17, 15) is 4.79 Å². The number of carbonyl (C=O) groups excluding carboxylic acids is 1. The topological polar surface area (TPSA) is 46.3 Å². The number of nitrogens with zero attached hydrogens (tertiary/aromatic N) is 1. The molecule has 2 aliphatic carbocycles. The van der Waals surface area contributed by atoms with Crippen LogP contribution in [0.25, 0.3) is 0 Å². The van der Waals surface area contributed by atoms with Gasteiger partial charge in [-0.3, -0.25) is 4.79 Å². The molecule has 2 N–H and O–H groups in total. The molecule has 21 heavy (non-hydrogen) atoms. The quantitative estimate of drug-likeness (QED) is 0.808. The van der Waals surface area contributed by atoms with Crippen molar-refractivity contribution in [1.29, 1.82) is 0 Å². The van der Waals surface area contributed by atoms with Gasteiger partial charge in [-0.05, 0) is 55.8 Å². The molecule has 0 spiro atoms. The lowest BCUT2D eigenvalue weighted by atomic mass is 9.65. The van der Waals surface area contributed by atoms with Crippen molar-refractivity contribution in [1.82, 2.24) is 4.90 Å². The third kappa shape index (κ3) is 3.39. The number of rotatable bonds is 1. The number of hydrogen-bond acceptors (Lipinski definition) is 2. The molecule has 3 nitrogen and oxygen atoms in total. The van der Waals surface area contributed by atoms with Crippen molar-refractivity contribution in [3.8, 4) is 0 Å². The molecule has 0 aromatic heterocycles. The van der Waals surface area contributed by atoms with Gasteiger partial charge in [-0.15, -0.1) is 12.4 Å². The number of nitrogens with two attached hydrogens (primary N) is 1. The Morgan fingerprint density at radius 1 is 1.05 bits per heavy atom. The summed E-state index contributed by atoms with van der Waals surface area (Å²) in [5.74, 6) is 3.34. The van der Waals surface area contributed by atoms with Gasteiger partial charge in [0, 0.05) is 25.0 Å². The minimum atomic E-state index is 0. The summed E-state index contributed by atoms with van der Waals surface area (Å²) in [5, 5.41) is 0. The molecule has 2 saturated carbocycles. The molecule has 4 heteroatoms. The van der Waals surface area contributed by atoms with Crippen LogP contribution in [0, 0.1) is 29.6 Å². The molecule has 1 aliphatic heterocycles. The van der Waals surface area contributed by atoms with E-state index >= 15 is 0 Å². The van der Waals surface area contributed by atoms with Crippen LogP contribution in [0.4, 0.5) is 0 Å². The van der Waals surface area contributed by atoms with Gasteiger partial charge in [-0.2, -0.15) is 0 Å². The van der Waals surface area contributed by atoms with Gasteiger partial charge in [-0.1, -0.05) is 20.3 Å². The first kappa shape index (κ1) is 17.1. The zero-order chi connectivity index (χ0) is 14.3. The van der Waals surface area contributed by atoms with Crippen LogP contribution in [0.2, 0.25) is 0 Å². The lowest BCUT2D eigenvalue weighted by molar-refractivity contribution is -0.141. The van der Waals surface area contributed by atoms with E-state index in [1.165, 1.54) is 25.7 Å². The summed E-state index contributed by atoms with van der Waals surface area (Å²) >= 11 is 0. The number of hydrogen-bond donors (Lipinski definition) is 1. The lowest BCUT2D eigenvalue weighted by Gasteiger charge is -2.45. The zero-order valence-corrected chi connectivity index (χ0v) is 14.3. The van der Waals surface area contributed by atoms with Gasteiger partial charge in [-0.25, -0.2) is 0 Å². The lowest BCUT2D eigenvalue weighted by Crippen LogP contribution is -2.51.